The first-order chi connectivity index (χ1) is 12.3. The van der Waals surface area contributed by atoms with Gasteiger partial charge in [-0.05, 0) is 37.0 Å². The molecule has 142 valence electrons. The summed E-state index contributed by atoms with van der Waals surface area (Å²) in [5.41, 5.74) is 0.750. The van der Waals surface area contributed by atoms with Crippen molar-refractivity contribution >= 4 is 11.8 Å². The molecule has 1 saturated heterocycles. The summed E-state index contributed by atoms with van der Waals surface area (Å²) in [6.07, 6.45) is 2.22. The van der Waals surface area contributed by atoms with Crippen LogP contribution >= 0.6 is 0 Å². The highest BCUT2D eigenvalue weighted by Crippen LogP contribution is 2.32. The fourth-order valence-electron chi connectivity index (χ4n) is 3.39. The Morgan fingerprint density at radius 3 is 2.54 bits per heavy atom. The van der Waals surface area contributed by atoms with Crippen molar-refractivity contribution < 1.29 is 19.1 Å². The van der Waals surface area contributed by atoms with E-state index < -0.39 is 0 Å². The van der Waals surface area contributed by atoms with Crippen LogP contribution in [-0.4, -0.2) is 43.1 Å². The Bertz CT molecular complexity index is 673. The molecule has 1 fully saturated rings. The van der Waals surface area contributed by atoms with Crippen LogP contribution in [0.4, 0.5) is 0 Å². The molecule has 6 heteroatoms. The number of benzene rings is 1. The number of rotatable bonds is 4. The van der Waals surface area contributed by atoms with Crippen LogP contribution in [0.2, 0.25) is 0 Å². The van der Waals surface area contributed by atoms with Gasteiger partial charge in [0.1, 0.15) is 0 Å². The van der Waals surface area contributed by atoms with Crippen molar-refractivity contribution in [2.45, 2.75) is 40.0 Å². The van der Waals surface area contributed by atoms with Crippen LogP contribution in [0, 0.1) is 11.3 Å². The van der Waals surface area contributed by atoms with Gasteiger partial charge in [-0.25, -0.2) is 0 Å². The smallest absolute Gasteiger partial charge is 0.231 e. The quantitative estimate of drug-likeness (QED) is 0.895. The van der Waals surface area contributed by atoms with Crippen LogP contribution in [0.1, 0.15) is 39.2 Å². The van der Waals surface area contributed by atoms with Gasteiger partial charge < -0.3 is 19.7 Å². The maximum Gasteiger partial charge on any atom is 0.231 e. The van der Waals surface area contributed by atoms with E-state index >= 15 is 0 Å². The van der Waals surface area contributed by atoms with Crippen molar-refractivity contribution in [2.75, 3.05) is 26.4 Å². The minimum absolute atomic E-state index is 0.00391. The summed E-state index contributed by atoms with van der Waals surface area (Å²) in [6.45, 7) is 8.00. The van der Waals surface area contributed by atoms with E-state index in [9.17, 15) is 9.59 Å². The van der Waals surface area contributed by atoms with Gasteiger partial charge in [-0.1, -0.05) is 26.8 Å². The summed E-state index contributed by atoms with van der Waals surface area (Å²) in [7, 11) is 0. The predicted octanol–water partition coefficient (Wildman–Crippen LogP) is 2.36. The van der Waals surface area contributed by atoms with Crippen LogP contribution < -0.4 is 14.8 Å². The molecule has 1 N–H and O–H groups in total. The first-order valence-corrected chi connectivity index (χ1v) is 9.30. The molecule has 3 rings (SSSR count). The molecule has 0 aromatic heterocycles. The molecule has 0 spiro atoms. The van der Waals surface area contributed by atoms with E-state index in [4.69, 9.17) is 9.47 Å². The maximum atomic E-state index is 12.4. The molecule has 2 aliphatic heterocycles. The number of fused-ring (bicyclic) bond motifs is 1. The number of carbonyl (C=O) groups excluding carboxylic acids is 2. The minimum Gasteiger partial charge on any atom is -0.454 e. The largest absolute Gasteiger partial charge is 0.454 e. The molecule has 0 saturated carbocycles. The topological polar surface area (TPSA) is 67.9 Å². The molecule has 0 unspecified atom stereocenters. The van der Waals surface area contributed by atoms with Gasteiger partial charge in [-0.3, -0.25) is 9.59 Å². The van der Waals surface area contributed by atoms with Crippen molar-refractivity contribution in [2.24, 2.45) is 11.3 Å². The van der Waals surface area contributed by atoms with Crippen LogP contribution in [0.3, 0.4) is 0 Å². The number of nitrogens with zero attached hydrogens (tertiary/aromatic N) is 1. The molecule has 26 heavy (non-hydrogen) atoms. The number of likely N-dealkylation sites (tertiary alicyclic amines) is 1. The van der Waals surface area contributed by atoms with E-state index in [2.05, 4.69) is 5.32 Å². The first kappa shape index (κ1) is 18.5. The van der Waals surface area contributed by atoms with Gasteiger partial charge in [0.2, 0.25) is 18.6 Å². The van der Waals surface area contributed by atoms with Crippen molar-refractivity contribution in [1.29, 1.82) is 0 Å². The Labute approximate surface area is 154 Å². The van der Waals surface area contributed by atoms with Gasteiger partial charge >= 0.3 is 0 Å². The molecule has 0 radical (unpaired) electrons. The van der Waals surface area contributed by atoms with Crippen molar-refractivity contribution in [3.05, 3.63) is 23.8 Å². The lowest BCUT2D eigenvalue weighted by Gasteiger charge is -2.35. The number of ether oxygens (including phenoxy) is 2. The van der Waals surface area contributed by atoms with E-state index in [1.807, 2.05) is 43.9 Å². The van der Waals surface area contributed by atoms with Gasteiger partial charge in [0.15, 0.2) is 11.5 Å². The fourth-order valence-corrected chi connectivity index (χ4v) is 3.39. The molecule has 0 aliphatic carbocycles. The highest BCUT2D eigenvalue weighted by atomic mass is 16.7. The Balaban J connectivity index is 1.41. The van der Waals surface area contributed by atoms with Crippen LogP contribution in [-0.2, 0) is 16.0 Å². The molecule has 2 amide bonds. The van der Waals surface area contributed by atoms with Crippen LogP contribution in [0.25, 0.3) is 0 Å². The average Bonchev–Trinajstić information content (AvgIpc) is 3.08. The normalized spacial score (nSPS) is 17.3. The van der Waals surface area contributed by atoms with E-state index in [1.165, 1.54) is 0 Å². The van der Waals surface area contributed by atoms with Crippen LogP contribution in [0.15, 0.2) is 18.2 Å². The van der Waals surface area contributed by atoms with E-state index in [0.717, 1.165) is 36.3 Å². The standard InChI is InChI=1S/C20H28N2O4/c1-20(2,3)19(24)22-10-7-15(8-11-22)18(23)21-9-6-14-4-5-16-17(12-14)26-13-25-16/h4-5,12,15H,6-11,13H2,1-3H3,(H,21,23). The molecular weight excluding hydrogens is 332 g/mol. The summed E-state index contributed by atoms with van der Waals surface area (Å²) in [5.74, 6) is 1.79. The highest BCUT2D eigenvalue weighted by Gasteiger charge is 2.32. The molecule has 1 aromatic rings. The third-order valence-corrected chi connectivity index (χ3v) is 4.94. The zero-order chi connectivity index (χ0) is 18.7. The van der Waals surface area contributed by atoms with Gasteiger partial charge in [0, 0.05) is 31.0 Å². The summed E-state index contributed by atoms with van der Waals surface area (Å²) < 4.78 is 10.7. The van der Waals surface area contributed by atoms with E-state index in [0.29, 0.717) is 19.6 Å². The average molecular weight is 360 g/mol. The van der Waals surface area contributed by atoms with E-state index in [1.54, 1.807) is 0 Å². The molecular formula is C20H28N2O4. The lowest BCUT2D eigenvalue weighted by molar-refractivity contribution is -0.142. The molecule has 1 aromatic carbocycles. The molecule has 6 nitrogen and oxygen atoms in total. The maximum absolute atomic E-state index is 12.4. The van der Waals surface area contributed by atoms with Crippen molar-refractivity contribution in [1.82, 2.24) is 10.2 Å². The number of nitrogens with one attached hydrogen (secondary N) is 1. The second-order valence-corrected chi connectivity index (χ2v) is 8.05. The summed E-state index contributed by atoms with van der Waals surface area (Å²) in [6, 6.07) is 5.86. The number of hydrogen-bond donors (Lipinski definition) is 1. The van der Waals surface area contributed by atoms with Gasteiger partial charge in [-0.15, -0.1) is 0 Å². The zero-order valence-corrected chi connectivity index (χ0v) is 15.8. The summed E-state index contributed by atoms with van der Waals surface area (Å²) in [4.78, 5) is 26.6. The second kappa shape index (κ2) is 7.56. The Morgan fingerprint density at radius 1 is 1.15 bits per heavy atom. The third-order valence-electron chi connectivity index (χ3n) is 4.94. The van der Waals surface area contributed by atoms with E-state index in [-0.39, 0.29) is 29.9 Å². The predicted molar refractivity (Wildman–Crippen MR) is 98.0 cm³/mol. The van der Waals surface area contributed by atoms with Crippen molar-refractivity contribution in [3.63, 3.8) is 0 Å². The summed E-state index contributed by atoms with van der Waals surface area (Å²) >= 11 is 0. The number of piperidine rings is 1. The lowest BCUT2D eigenvalue weighted by Crippen LogP contribution is -2.46. The van der Waals surface area contributed by atoms with Gasteiger partial charge in [-0.2, -0.15) is 0 Å². The third kappa shape index (κ3) is 4.29. The SMILES string of the molecule is CC(C)(C)C(=O)N1CCC(C(=O)NCCc2ccc3c(c2)OCO3)CC1. The van der Waals surface area contributed by atoms with Crippen molar-refractivity contribution in [3.8, 4) is 11.5 Å². The van der Waals surface area contributed by atoms with Gasteiger partial charge in [0.25, 0.3) is 0 Å². The zero-order valence-electron chi connectivity index (χ0n) is 15.8. The van der Waals surface area contributed by atoms with Gasteiger partial charge in [0.05, 0.1) is 0 Å². The molecule has 0 bridgehead atoms. The first-order valence-electron chi connectivity index (χ1n) is 9.30. The Hall–Kier alpha value is -2.24. The monoisotopic (exact) mass is 360 g/mol. The highest BCUT2D eigenvalue weighted by molar-refractivity contribution is 5.82. The molecule has 2 aliphatic rings. The fraction of sp³-hybridized carbons (Fsp3) is 0.600. The summed E-state index contributed by atoms with van der Waals surface area (Å²) in [5, 5.41) is 3.03. The second-order valence-electron chi connectivity index (χ2n) is 8.05. The minimum atomic E-state index is -0.361. The number of carbonyl (C=O) groups is 2. The number of amides is 2. The molecule has 2 heterocycles. The lowest BCUT2D eigenvalue weighted by atomic mass is 9.90. The van der Waals surface area contributed by atoms with Crippen LogP contribution in [0.5, 0.6) is 11.5 Å². The Kier molecular flexibility index (Phi) is 5.39. The molecule has 0 atom stereocenters. The Morgan fingerprint density at radius 2 is 1.85 bits per heavy atom. The number of hydrogen-bond acceptors (Lipinski definition) is 4.